The summed E-state index contributed by atoms with van der Waals surface area (Å²) in [5.74, 6) is 1.10. The summed E-state index contributed by atoms with van der Waals surface area (Å²) >= 11 is 6.40. The molecule has 1 aromatic rings. The van der Waals surface area contributed by atoms with Gasteiger partial charge in [0.05, 0.1) is 18.2 Å². The van der Waals surface area contributed by atoms with E-state index < -0.39 is 0 Å². The number of ether oxygens (including phenoxy) is 2. The molecular weight excluding hydrogens is 387 g/mol. The Hall–Kier alpha value is -1.17. The summed E-state index contributed by atoms with van der Waals surface area (Å²) in [4.78, 5) is 14.9. The number of carbonyl (C=O) groups is 1. The molecule has 0 radical (unpaired) electrons. The third-order valence-electron chi connectivity index (χ3n) is 5.45. The lowest BCUT2D eigenvalue weighted by molar-refractivity contribution is 0.0607. The summed E-state index contributed by atoms with van der Waals surface area (Å²) in [5.41, 5.74) is 0.964. The van der Waals surface area contributed by atoms with Gasteiger partial charge in [0.1, 0.15) is 0 Å². The van der Waals surface area contributed by atoms with E-state index in [9.17, 15) is 4.79 Å². The highest BCUT2D eigenvalue weighted by Crippen LogP contribution is 2.39. The SMILES string of the molecule is CCCOc1c(Cl)cc(C(=O)N2CCC3(CCNC3)CC2)cc1OCC.Cl. The minimum Gasteiger partial charge on any atom is -0.490 e. The number of hydrogen-bond acceptors (Lipinski definition) is 4. The van der Waals surface area contributed by atoms with E-state index in [-0.39, 0.29) is 18.3 Å². The van der Waals surface area contributed by atoms with Crippen molar-refractivity contribution in [3.63, 3.8) is 0 Å². The predicted molar refractivity (Wildman–Crippen MR) is 111 cm³/mol. The summed E-state index contributed by atoms with van der Waals surface area (Å²) in [6, 6.07) is 3.48. The van der Waals surface area contributed by atoms with Gasteiger partial charge in [0.25, 0.3) is 5.91 Å². The molecule has 0 unspecified atom stereocenters. The molecule has 7 heteroatoms. The summed E-state index contributed by atoms with van der Waals surface area (Å²) in [5, 5.41) is 3.89. The monoisotopic (exact) mass is 416 g/mol. The topological polar surface area (TPSA) is 50.8 Å². The van der Waals surface area contributed by atoms with Gasteiger partial charge in [-0.15, -0.1) is 12.4 Å². The van der Waals surface area contributed by atoms with Crippen LogP contribution < -0.4 is 14.8 Å². The lowest BCUT2D eigenvalue weighted by Crippen LogP contribution is -2.44. The van der Waals surface area contributed by atoms with Crippen molar-refractivity contribution in [2.45, 2.75) is 39.5 Å². The van der Waals surface area contributed by atoms with Crippen molar-refractivity contribution in [2.24, 2.45) is 5.41 Å². The molecule has 0 aromatic heterocycles. The molecule has 5 nitrogen and oxygen atoms in total. The average molecular weight is 417 g/mol. The van der Waals surface area contributed by atoms with Crippen LogP contribution in [0.2, 0.25) is 5.02 Å². The van der Waals surface area contributed by atoms with Crippen LogP contribution in [-0.4, -0.2) is 50.2 Å². The highest BCUT2D eigenvalue weighted by Gasteiger charge is 2.38. The molecule has 2 heterocycles. The van der Waals surface area contributed by atoms with Gasteiger partial charge in [0.2, 0.25) is 0 Å². The maximum absolute atomic E-state index is 13.0. The van der Waals surface area contributed by atoms with E-state index in [4.69, 9.17) is 21.1 Å². The molecule has 1 spiro atoms. The van der Waals surface area contributed by atoms with Crippen LogP contribution in [0.5, 0.6) is 11.5 Å². The van der Waals surface area contributed by atoms with Crippen LogP contribution in [0, 0.1) is 5.41 Å². The second-order valence-electron chi connectivity index (χ2n) is 7.29. The summed E-state index contributed by atoms with van der Waals surface area (Å²) in [6.07, 6.45) is 4.23. The molecule has 0 aliphatic carbocycles. The molecule has 2 saturated heterocycles. The molecule has 27 heavy (non-hydrogen) atoms. The van der Waals surface area contributed by atoms with E-state index in [2.05, 4.69) is 5.32 Å². The summed E-state index contributed by atoms with van der Waals surface area (Å²) in [7, 11) is 0. The summed E-state index contributed by atoms with van der Waals surface area (Å²) in [6.45, 7) is 8.79. The molecule has 3 rings (SSSR count). The Morgan fingerprint density at radius 2 is 1.96 bits per heavy atom. The molecule has 0 atom stereocenters. The standard InChI is InChI=1S/C20H29ClN2O3.ClH/c1-3-11-26-18-16(21)12-15(13-17(18)25-4-2)19(24)23-9-6-20(7-10-23)5-8-22-14-20;/h12-13,22H,3-11,14H2,1-2H3;1H. The predicted octanol–water partition coefficient (Wildman–Crippen LogP) is 4.17. The number of benzene rings is 1. The Labute approximate surface area is 173 Å². The van der Waals surface area contributed by atoms with Gasteiger partial charge < -0.3 is 19.7 Å². The third-order valence-corrected chi connectivity index (χ3v) is 5.73. The van der Waals surface area contributed by atoms with Gasteiger partial charge in [-0.25, -0.2) is 0 Å². The zero-order chi connectivity index (χ0) is 18.6. The molecule has 152 valence electrons. The van der Waals surface area contributed by atoms with Gasteiger partial charge in [-0.2, -0.15) is 0 Å². The fourth-order valence-electron chi connectivity index (χ4n) is 3.89. The van der Waals surface area contributed by atoms with E-state index >= 15 is 0 Å². The molecule has 1 aromatic carbocycles. The Morgan fingerprint density at radius 1 is 1.22 bits per heavy atom. The van der Waals surface area contributed by atoms with Gasteiger partial charge in [-0.05, 0) is 56.7 Å². The second kappa shape index (κ2) is 9.85. The van der Waals surface area contributed by atoms with Crippen molar-refractivity contribution in [3.8, 4) is 11.5 Å². The van der Waals surface area contributed by atoms with Gasteiger partial charge >= 0.3 is 0 Å². The van der Waals surface area contributed by atoms with Crippen LogP contribution in [0.15, 0.2) is 12.1 Å². The van der Waals surface area contributed by atoms with E-state index in [0.717, 1.165) is 45.4 Å². The zero-order valence-electron chi connectivity index (χ0n) is 16.2. The number of carbonyl (C=O) groups excluding carboxylic acids is 1. The lowest BCUT2D eigenvalue weighted by Gasteiger charge is -2.39. The Kier molecular flexibility index (Phi) is 8.07. The number of rotatable bonds is 6. The molecule has 0 saturated carbocycles. The highest BCUT2D eigenvalue weighted by molar-refractivity contribution is 6.32. The number of likely N-dealkylation sites (tertiary alicyclic amines) is 1. The van der Waals surface area contributed by atoms with Crippen molar-refractivity contribution < 1.29 is 14.3 Å². The third kappa shape index (κ3) is 5.01. The van der Waals surface area contributed by atoms with E-state index in [1.54, 1.807) is 12.1 Å². The molecule has 2 aliphatic rings. The molecule has 1 N–H and O–H groups in total. The number of amides is 1. The van der Waals surface area contributed by atoms with Crippen LogP contribution in [0.1, 0.15) is 49.9 Å². The first-order valence-electron chi connectivity index (χ1n) is 9.68. The number of nitrogens with zero attached hydrogens (tertiary/aromatic N) is 1. The molecule has 0 bridgehead atoms. The van der Waals surface area contributed by atoms with Gasteiger partial charge in [-0.3, -0.25) is 4.79 Å². The Balaban J connectivity index is 0.00000261. The smallest absolute Gasteiger partial charge is 0.254 e. The zero-order valence-corrected chi connectivity index (χ0v) is 17.8. The van der Waals surface area contributed by atoms with Crippen LogP contribution >= 0.6 is 24.0 Å². The molecule has 1 amide bonds. The van der Waals surface area contributed by atoms with Crippen molar-refractivity contribution in [1.29, 1.82) is 0 Å². The highest BCUT2D eigenvalue weighted by atomic mass is 35.5. The minimum absolute atomic E-state index is 0. The number of hydrogen-bond donors (Lipinski definition) is 1. The quantitative estimate of drug-likeness (QED) is 0.755. The first-order chi connectivity index (χ1) is 12.6. The fourth-order valence-corrected chi connectivity index (χ4v) is 4.15. The Bertz CT molecular complexity index is 638. The normalized spacial score (nSPS) is 18.3. The van der Waals surface area contributed by atoms with Crippen LogP contribution in [0.3, 0.4) is 0 Å². The Morgan fingerprint density at radius 3 is 2.56 bits per heavy atom. The van der Waals surface area contributed by atoms with Crippen LogP contribution in [0.4, 0.5) is 0 Å². The maximum Gasteiger partial charge on any atom is 0.254 e. The van der Waals surface area contributed by atoms with Crippen LogP contribution in [0.25, 0.3) is 0 Å². The van der Waals surface area contributed by atoms with Crippen molar-refractivity contribution in [1.82, 2.24) is 10.2 Å². The van der Waals surface area contributed by atoms with Gasteiger partial charge in [-0.1, -0.05) is 18.5 Å². The van der Waals surface area contributed by atoms with Crippen molar-refractivity contribution in [3.05, 3.63) is 22.7 Å². The lowest BCUT2D eigenvalue weighted by atomic mass is 9.78. The first kappa shape index (κ1) is 22.1. The van der Waals surface area contributed by atoms with Gasteiger partial charge in [0.15, 0.2) is 11.5 Å². The average Bonchev–Trinajstić information content (AvgIpc) is 3.09. The van der Waals surface area contributed by atoms with Crippen molar-refractivity contribution in [2.75, 3.05) is 39.4 Å². The van der Waals surface area contributed by atoms with E-state index in [1.807, 2.05) is 18.7 Å². The van der Waals surface area contributed by atoms with E-state index in [0.29, 0.717) is 40.7 Å². The van der Waals surface area contributed by atoms with Crippen molar-refractivity contribution >= 4 is 29.9 Å². The maximum atomic E-state index is 13.0. The largest absolute Gasteiger partial charge is 0.490 e. The van der Waals surface area contributed by atoms with Gasteiger partial charge in [0, 0.05) is 25.2 Å². The first-order valence-corrected chi connectivity index (χ1v) is 10.1. The van der Waals surface area contributed by atoms with Crippen LogP contribution in [-0.2, 0) is 0 Å². The number of nitrogens with one attached hydrogen (secondary N) is 1. The molecule has 2 fully saturated rings. The molecular formula is C20H30Cl2N2O3. The number of halogens is 2. The van der Waals surface area contributed by atoms with E-state index in [1.165, 1.54) is 6.42 Å². The minimum atomic E-state index is 0. The summed E-state index contributed by atoms with van der Waals surface area (Å²) < 4.78 is 11.4. The molecule has 2 aliphatic heterocycles. The number of piperidine rings is 1. The second-order valence-corrected chi connectivity index (χ2v) is 7.69. The fraction of sp³-hybridized carbons (Fsp3) is 0.650.